The van der Waals surface area contributed by atoms with Gasteiger partial charge in [0.25, 0.3) is 0 Å². The van der Waals surface area contributed by atoms with Crippen LogP contribution >= 0.6 is 0 Å². The molecule has 2 heterocycles. The molecule has 0 amide bonds. The Balaban J connectivity index is 1.76. The van der Waals surface area contributed by atoms with Crippen molar-refractivity contribution in [3.8, 4) is 0 Å². The quantitative estimate of drug-likeness (QED) is 0.727. The van der Waals surface area contributed by atoms with Gasteiger partial charge in [-0.1, -0.05) is 12.0 Å². The van der Waals surface area contributed by atoms with Crippen molar-refractivity contribution >= 4 is 6.01 Å². The maximum atomic E-state index is 5.50. The lowest BCUT2D eigenvalue weighted by Gasteiger charge is -2.21. The second-order valence-corrected chi connectivity index (χ2v) is 4.21. The smallest absolute Gasteiger partial charge is 0.315 e. The van der Waals surface area contributed by atoms with Crippen molar-refractivity contribution < 1.29 is 9.15 Å². The molecule has 0 saturated carbocycles. The van der Waals surface area contributed by atoms with Gasteiger partial charge in [-0.2, -0.15) is 0 Å². The summed E-state index contributed by atoms with van der Waals surface area (Å²) in [7, 11) is 0. The highest BCUT2D eigenvalue weighted by molar-refractivity contribution is 5.19. The summed E-state index contributed by atoms with van der Waals surface area (Å²) in [5, 5.41) is 14.4. The van der Waals surface area contributed by atoms with E-state index in [0.717, 1.165) is 39.0 Å². The van der Waals surface area contributed by atoms with Crippen molar-refractivity contribution in [1.29, 1.82) is 0 Å². The highest BCUT2D eigenvalue weighted by Gasteiger charge is 2.16. The number of nitrogens with one attached hydrogen (secondary N) is 2. The molecule has 1 fully saturated rings. The minimum atomic E-state index is 0.389. The molecular formula is C11H20N4O2. The van der Waals surface area contributed by atoms with E-state index in [1.54, 1.807) is 0 Å². The fourth-order valence-corrected chi connectivity index (χ4v) is 1.77. The van der Waals surface area contributed by atoms with Crippen LogP contribution in [0.25, 0.3) is 0 Å². The monoisotopic (exact) mass is 240 g/mol. The number of anilines is 1. The van der Waals surface area contributed by atoms with E-state index in [-0.39, 0.29) is 0 Å². The van der Waals surface area contributed by atoms with E-state index >= 15 is 0 Å². The van der Waals surface area contributed by atoms with Crippen LogP contribution in [0, 0.1) is 0 Å². The van der Waals surface area contributed by atoms with Gasteiger partial charge in [-0.3, -0.25) is 0 Å². The standard InChI is InChI=1S/C11H20N4O2/c1-2-5-12-8-10-14-15-11(17-10)13-9-3-6-16-7-4-9/h9,12H,2-8H2,1H3,(H,13,15). The van der Waals surface area contributed by atoms with E-state index < -0.39 is 0 Å². The molecular weight excluding hydrogens is 220 g/mol. The number of aromatic nitrogens is 2. The van der Waals surface area contributed by atoms with Crippen LogP contribution in [0.5, 0.6) is 0 Å². The molecule has 0 aromatic carbocycles. The van der Waals surface area contributed by atoms with Crippen LogP contribution in [0.3, 0.4) is 0 Å². The molecule has 1 aromatic rings. The molecule has 2 rings (SSSR count). The molecule has 0 unspecified atom stereocenters. The molecule has 0 aliphatic carbocycles. The van der Waals surface area contributed by atoms with Gasteiger partial charge in [-0.25, -0.2) is 0 Å². The first-order chi connectivity index (χ1) is 8.38. The maximum absolute atomic E-state index is 5.50. The Morgan fingerprint density at radius 1 is 1.29 bits per heavy atom. The molecule has 1 aliphatic heterocycles. The summed E-state index contributed by atoms with van der Waals surface area (Å²) in [6, 6.07) is 0.908. The third kappa shape index (κ3) is 3.98. The summed E-state index contributed by atoms with van der Waals surface area (Å²) in [6.45, 7) is 5.33. The third-order valence-corrected chi connectivity index (χ3v) is 2.72. The van der Waals surface area contributed by atoms with Crippen LogP contribution in [0.2, 0.25) is 0 Å². The minimum absolute atomic E-state index is 0.389. The number of hydrogen-bond acceptors (Lipinski definition) is 6. The fourth-order valence-electron chi connectivity index (χ4n) is 1.77. The lowest BCUT2D eigenvalue weighted by molar-refractivity contribution is 0.0899. The molecule has 6 nitrogen and oxygen atoms in total. The van der Waals surface area contributed by atoms with E-state index in [9.17, 15) is 0 Å². The molecule has 1 saturated heterocycles. The predicted molar refractivity (Wildman–Crippen MR) is 63.8 cm³/mol. The zero-order valence-electron chi connectivity index (χ0n) is 10.2. The molecule has 0 bridgehead atoms. The Hall–Kier alpha value is -1.14. The third-order valence-electron chi connectivity index (χ3n) is 2.72. The molecule has 1 aliphatic rings. The summed E-state index contributed by atoms with van der Waals surface area (Å²) in [4.78, 5) is 0. The summed E-state index contributed by atoms with van der Waals surface area (Å²) in [6.07, 6.45) is 3.08. The van der Waals surface area contributed by atoms with Crippen LogP contribution in [0.15, 0.2) is 4.42 Å². The largest absolute Gasteiger partial charge is 0.407 e. The van der Waals surface area contributed by atoms with Crippen LogP contribution in [0.4, 0.5) is 6.01 Å². The first-order valence-corrected chi connectivity index (χ1v) is 6.26. The van der Waals surface area contributed by atoms with E-state index in [1.165, 1.54) is 0 Å². The van der Waals surface area contributed by atoms with E-state index in [0.29, 0.717) is 24.5 Å². The van der Waals surface area contributed by atoms with E-state index in [4.69, 9.17) is 9.15 Å². The lowest BCUT2D eigenvalue weighted by atomic mass is 10.1. The lowest BCUT2D eigenvalue weighted by Crippen LogP contribution is -2.27. The van der Waals surface area contributed by atoms with Crippen molar-refractivity contribution in [1.82, 2.24) is 15.5 Å². The average molecular weight is 240 g/mol. The Bertz CT molecular complexity index is 323. The van der Waals surface area contributed by atoms with Gasteiger partial charge in [0, 0.05) is 19.3 Å². The van der Waals surface area contributed by atoms with Crippen molar-refractivity contribution in [2.75, 3.05) is 25.1 Å². The van der Waals surface area contributed by atoms with Crippen LogP contribution < -0.4 is 10.6 Å². The topological polar surface area (TPSA) is 72.2 Å². The SMILES string of the molecule is CCCNCc1nnc(NC2CCOCC2)o1. The average Bonchev–Trinajstić information content (AvgIpc) is 2.79. The summed E-state index contributed by atoms with van der Waals surface area (Å²) in [5.74, 6) is 0.632. The van der Waals surface area contributed by atoms with Gasteiger partial charge in [0.1, 0.15) is 0 Å². The van der Waals surface area contributed by atoms with Gasteiger partial charge in [-0.15, -0.1) is 5.10 Å². The van der Waals surface area contributed by atoms with Crippen molar-refractivity contribution in [2.24, 2.45) is 0 Å². The Kier molecular flexibility index (Phi) is 4.75. The molecule has 1 aromatic heterocycles. The van der Waals surface area contributed by atoms with Gasteiger partial charge < -0.3 is 19.8 Å². The molecule has 0 atom stereocenters. The number of hydrogen-bond donors (Lipinski definition) is 2. The first kappa shape index (κ1) is 12.3. The molecule has 96 valence electrons. The Morgan fingerprint density at radius 3 is 2.88 bits per heavy atom. The van der Waals surface area contributed by atoms with Gasteiger partial charge in [0.05, 0.1) is 6.54 Å². The molecule has 6 heteroatoms. The zero-order chi connectivity index (χ0) is 11.9. The molecule has 0 radical (unpaired) electrons. The normalized spacial score (nSPS) is 17.2. The Labute approximate surface area is 101 Å². The van der Waals surface area contributed by atoms with Gasteiger partial charge >= 0.3 is 6.01 Å². The molecule has 17 heavy (non-hydrogen) atoms. The van der Waals surface area contributed by atoms with E-state index in [1.807, 2.05) is 0 Å². The van der Waals surface area contributed by atoms with Gasteiger partial charge in [0.2, 0.25) is 5.89 Å². The van der Waals surface area contributed by atoms with Gasteiger partial charge in [0.15, 0.2) is 0 Å². The predicted octanol–water partition coefficient (Wildman–Crippen LogP) is 1.16. The number of nitrogens with zero attached hydrogens (tertiary/aromatic N) is 2. The maximum Gasteiger partial charge on any atom is 0.315 e. The van der Waals surface area contributed by atoms with Crippen molar-refractivity contribution in [3.05, 3.63) is 5.89 Å². The molecule has 2 N–H and O–H groups in total. The van der Waals surface area contributed by atoms with Crippen LogP contribution in [0.1, 0.15) is 32.1 Å². The van der Waals surface area contributed by atoms with Crippen LogP contribution in [-0.4, -0.2) is 36.0 Å². The zero-order valence-corrected chi connectivity index (χ0v) is 10.2. The summed E-state index contributed by atoms with van der Waals surface area (Å²) < 4.78 is 10.8. The van der Waals surface area contributed by atoms with Gasteiger partial charge in [-0.05, 0) is 25.8 Å². The number of ether oxygens (including phenoxy) is 1. The Morgan fingerprint density at radius 2 is 2.12 bits per heavy atom. The fraction of sp³-hybridized carbons (Fsp3) is 0.818. The number of rotatable bonds is 6. The van der Waals surface area contributed by atoms with Crippen LogP contribution in [-0.2, 0) is 11.3 Å². The van der Waals surface area contributed by atoms with Crippen molar-refractivity contribution in [3.63, 3.8) is 0 Å². The summed E-state index contributed by atoms with van der Waals surface area (Å²) >= 11 is 0. The molecule has 0 spiro atoms. The first-order valence-electron chi connectivity index (χ1n) is 6.26. The minimum Gasteiger partial charge on any atom is -0.407 e. The summed E-state index contributed by atoms with van der Waals surface area (Å²) in [5.41, 5.74) is 0. The second kappa shape index (κ2) is 6.56. The van der Waals surface area contributed by atoms with E-state index in [2.05, 4.69) is 27.8 Å². The second-order valence-electron chi connectivity index (χ2n) is 4.21. The highest BCUT2D eigenvalue weighted by Crippen LogP contribution is 2.13. The van der Waals surface area contributed by atoms with Crippen molar-refractivity contribution in [2.45, 2.75) is 38.8 Å². The highest BCUT2D eigenvalue weighted by atomic mass is 16.5.